The van der Waals surface area contributed by atoms with Crippen LogP contribution in [0.3, 0.4) is 0 Å². The molecule has 0 aliphatic carbocycles. The van der Waals surface area contributed by atoms with Crippen molar-refractivity contribution >= 4 is 33.7 Å². The minimum atomic E-state index is -0.307. The lowest BCUT2D eigenvalue weighted by atomic mass is 10.1. The first-order valence-corrected chi connectivity index (χ1v) is 9.50. The molecule has 0 unspecified atom stereocenters. The normalized spacial score (nSPS) is 11.7. The Morgan fingerprint density at radius 2 is 1.85 bits per heavy atom. The van der Waals surface area contributed by atoms with Gasteiger partial charge < -0.3 is 5.11 Å². The summed E-state index contributed by atoms with van der Waals surface area (Å²) in [4.78, 5) is 27.1. The van der Waals surface area contributed by atoms with Gasteiger partial charge in [-0.05, 0) is 37.5 Å². The molecule has 0 spiro atoms. The van der Waals surface area contributed by atoms with Crippen molar-refractivity contribution in [1.82, 2.24) is 9.13 Å². The molecule has 1 N–H and O–H groups in total. The van der Waals surface area contributed by atoms with Crippen LogP contribution in [0.25, 0.3) is 22.4 Å². The predicted molar refractivity (Wildman–Crippen MR) is 108 cm³/mol. The fourth-order valence-corrected chi connectivity index (χ4v) is 4.23. The summed E-state index contributed by atoms with van der Waals surface area (Å²) in [6.45, 7) is 4.45. The minimum absolute atomic E-state index is 0.00428. The van der Waals surface area contributed by atoms with E-state index in [1.54, 1.807) is 11.5 Å². The van der Waals surface area contributed by atoms with Crippen molar-refractivity contribution in [3.05, 3.63) is 67.2 Å². The molecular formula is C20H22N2O3S. The van der Waals surface area contributed by atoms with Gasteiger partial charge in [0.05, 0.1) is 5.39 Å². The number of benzene rings is 1. The molecule has 0 amide bonds. The first-order chi connectivity index (χ1) is 12.6. The first kappa shape index (κ1) is 18.4. The summed E-state index contributed by atoms with van der Waals surface area (Å²) in [5.74, 6) is 0. The number of hydrogen-bond acceptors (Lipinski definition) is 4. The number of fused-ring (bicyclic) bond motifs is 1. The van der Waals surface area contributed by atoms with Crippen LogP contribution in [0, 0.1) is 6.92 Å². The maximum atomic E-state index is 12.8. The monoisotopic (exact) mass is 370 g/mol. The summed E-state index contributed by atoms with van der Waals surface area (Å²) >= 11 is 1.45. The molecule has 6 heteroatoms. The van der Waals surface area contributed by atoms with Crippen LogP contribution in [0.2, 0.25) is 0 Å². The van der Waals surface area contributed by atoms with Crippen molar-refractivity contribution in [2.24, 2.45) is 0 Å². The van der Waals surface area contributed by atoms with E-state index in [1.165, 1.54) is 15.9 Å². The Labute approximate surface area is 155 Å². The molecule has 0 atom stereocenters. The fraction of sp³-hybridized carbons (Fsp3) is 0.300. The van der Waals surface area contributed by atoms with Gasteiger partial charge in [0.1, 0.15) is 4.83 Å². The van der Waals surface area contributed by atoms with Gasteiger partial charge in [-0.3, -0.25) is 13.9 Å². The Hall–Kier alpha value is -2.44. The van der Waals surface area contributed by atoms with Gasteiger partial charge in [-0.15, -0.1) is 11.3 Å². The molecule has 0 aliphatic heterocycles. The van der Waals surface area contributed by atoms with E-state index in [4.69, 9.17) is 5.11 Å². The molecule has 0 fully saturated rings. The van der Waals surface area contributed by atoms with Gasteiger partial charge in [0.2, 0.25) is 0 Å². The Morgan fingerprint density at radius 3 is 2.50 bits per heavy atom. The van der Waals surface area contributed by atoms with E-state index >= 15 is 0 Å². The minimum Gasteiger partial charge on any atom is -0.396 e. The molecule has 0 saturated carbocycles. The van der Waals surface area contributed by atoms with Crippen LogP contribution < -0.4 is 11.2 Å². The highest BCUT2D eigenvalue weighted by Crippen LogP contribution is 2.29. The topological polar surface area (TPSA) is 64.2 Å². The number of rotatable bonds is 6. The first-order valence-electron chi connectivity index (χ1n) is 8.69. The summed E-state index contributed by atoms with van der Waals surface area (Å²) < 4.78 is 2.89. The summed E-state index contributed by atoms with van der Waals surface area (Å²) in [6.07, 6.45) is 4.47. The van der Waals surface area contributed by atoms with Crippen LogP contribution in [-0.4, -0.2) is 20.8 Å². The van der Waals surface area contributed by atoms with Crippen LogP contribution in [0.1, 0.15) is 29.3 Å². The molecule has 0 aliphatic rings. The number of thiophene rings is 1. The van der Waals surface area contributed by atoms with E-state index in [9.17, 15) is 9.59 Å². The number of hydrogen-bond donors (Lipinski definition) is 1. The fourth-order valence-electron chi connectivity index (χ4n) is 3.01. The Morgan fingerprint density at radius 1 is 1.12 bits per heavy atom. The molecule has 3 aromatic rings. The third kappa shape index (κ3) is 3.30. The van der Waals surface area contributed by atoms with Crippen molar-refractivity contribution in [2.45, 2.75) is 33.4 Å². The third-order valence-corrected chi connectivity index (χ3v) is 5.69. The van der Waals surface area contributed by atoms with Crippen molar-refractivity contribution in [2.75, 3.05) is 6.61 Å². The highest BCUT2D eigenvalue weighted by Gasteiger charge is 2.18. The summed E-state index contributed by atoms with van der Waals surface area (Å²) in [6, 6.07) is 9.95. The van der Waals surface area contributed by atoms with E-state index in [1.807, 2.05) is 49.4 Å². The predicted octanol–water partition coefficient (Wildman–Crippen LogP) is 3.11. The second-order valence-electron chi connectivity index (χ2n) is 6.08. The summed E-state index contributed by atoms with van der Waals surface area (Å²) in [7, 11) is 0. The number of aromatic nitrogens is 2. The van der Waals surface area contributed by atoms with Crippen molar-refractivity contribution in [3.63, 3.8) is 0 Å². The van der Waals surface area contributed by atoms with Gasteiger partial charge in [-0.2, -0.15) is 0 Å². The lowest BCUT2D eigenvalue weighted by molar-refractivity contribution is 0.279. The van der Waals surface area contributed by atoms with E-state index in [-0.39, 0.29) is 17.9 Å². The number of aliphatic hydroxyl groups excluding tert-OH is 1. The molecule has 5 nitrogen and oxygen atoms in total. The van der Waals surface area contributed by atoms with E-state index < -0.39 is 0 Å². The summed E-state index contributed by atoms with van der Waals surface area (Å²) in [5.41, 5.74) is 1.43. The third-order valence-electron chi connectivity index (χ3n) is 4.41. The van der Waals surface area contributed by atoms with Crippen molar-refractivity contribution in [1.29, 1.82) is 0 Å². The molecule has 2 aromatic heterocycles. The maximum Gasteiger partial charge on any atom is 0.332 e. The Kier molecular flexibility index (Phi) is 5.54. The zero-order valence-corrected chi connectivity index (χ0v) is 15.8. The van der Waals surface area contributed by atoms with Crippen molar-refractivity contribution in [3.8, 4) is 0 Å². The van der Waals surface area contributed by atoms with Gasteiger partial charge >= 0.3 is 5.69 Å². The number of aryl methyl sites for hydroxylation is 2. The lowest BCUT2D eigenvalue weighted by Crippen LogP contribution is -2.39. The Bertz CT molecular complexity index is 1060. The quantitative estimate of drug-likeness (QED) is 0.725. The summed E-state index contributed by atoms with van der Waals surface area (Å²) in [5, 5.41) is 9.75. The second-order valence-corrected chi connectivity index (χ2v) is 7.11. The van der Waals surface area contributed by atoms with Crippen LogP contribution >= 0.6 is 11.3 Å². The molecule has 1 aromatic carbocycles. The van der Waals surface area contributed by atoms with Crippen LogP contribution in [0.5, 0.6) is 0 Å². The zero-order chi connectivity index (χ0) is 18.7. The standard InChI is InChI=1S/C20H22N2O3S/c1-3-21-18(24)17-14(2)16(11-10-15-8-5-4-6-9-15)26-19(17)22(20(21)25)12-7-13-23/h4-6,8-11,23H,3,7,12-13H2,1-2H3/b11-10+. The van der Waals surface area contributed by atoms with Gasteiger partial charge in [-0.25, -0.2) is 4.79 Å². The van der Waals surface area contributed by atoms with Gasteiger partial charge in [0, 0.05) is 24.6 Å². The molecule has 136 valence electrons. The van der Waals surface area contributed by atoms with Crippen LogP contribution in [0.15, 0.2) is 39.9 Å². The second kappa shape index (κ2) is 7.85. The average molecular weight is 370 g/mol. The maximum absolute atomic E-state index is 12.8. The average Bonchev–Trinajstić information content (AvgIpc) is 2.98. The number of aliphatic hydroxyl groups is 1. The van der Waals surface area contributed by atoms with Crippen molar-refractivity contribution < 1.29 is 5.11 Å². The van der Waals surface area contributed by atoms with E-state index in [0.717, 1.165) is 16.0 Å². The SMILES string of the molecule is CCn1c(=O)c2c(C)c(/C=C/c3ccccc3)sc2n(CCCO)c1=O. The van der Waals surface area contributed by atoms with Gasteiger partial charge in [-0.1, -0.05) is 36.4 Å². The van der Waals surface area contributed by atoms with Crippen LogP contribution in [-0.2, 0) is 13.1 Å². The molecule has 0 bridgehead atoms. The number of nitrogens with zero attached hydrogens (tertiary/aromatic N) is 2. The lowest BCUT2D eigenvalue weighted by Gasteiger charge is -2.10. The molecule has 2 heterocycles. The molecule has 0 saturated heterocycles. The van der Waals surface area contributed by atoms with Crippen LogP contribution in [0.4, 0.5) is 0 Å². The largest absolute Gasteiger partial charge is 0.396 e. The molecule has 3 rings (SSSR count). The Balaban J connectivity index is 2.20. The molecular weight excluding hydrogens is 348 g/mol. The smallest absolute Gasteiger partial charge is 0.332 e. The van der Waals surface area contributed by atoms with E-state index in [0.29, 0.717) is 29.7 Å². The van der Waals surface area contributed by atoms with Gasteiger partial charge in [0.25, 0.3) is 5.56 Å². The highest BCUT2D eigenvalue weighted by molar-refractivity contribution is 7.19. The highest BCUT2D eigenvalue weighted by atomic mass is 32.1. The zero-order valence-electron chi connectivity index (χ0n) is 14.9. The molecule has 26 heavy (non-hydrogen) atoms. The molecule has 0 radical (unpaired) electrons. The van der Waals surface area contributed by atoms with Gasteiger partial charge in [0.15, 0.2) is 0 Å². The van der Waals surface area contributed by atoms with E-state index in [2.05, 4.69) is 0 Å².